The fraction of sp³-hybridized carbons (Fsp3) is 0.538. The molecular formula is C13H19N5O2S. The average molecular weight is 309 g/mol. The van der Waals surface area contributed by atoms with E-state index in [-0.39, 0.29) is 16.7 Å². The zero-order valence-corrected chi connectivity index (χ0v) is 13.6. The minimum absolute atomic E-state index is 0.0441. The Labute approximate surface area is 127 Å². The summed E-state index contributed by atoms with van der Waals surface area (Å²) in [6.07, 6.45) is 0. The van der Waals surface area contributed by atoms with Gasteiger partial charge in [0, 0.05) is 11.4 Å². The van der Waals surface area contributed by atoms with Crippen LogP contribution in [0.5, 0.6) is 0 Å². The first-order valence-electron chi connectivity index (χ1n) is 6.77. The van der Waals surface area contributed by atoms with Crippen molar-refractivity contribution in [1.82, 2.24) is 14.8 Å². The maximum Gasteiger partial charge on any atom is 0.333 e. The summed E-state index contributed by atoms with van der Waals surface area (Å²) >= 11 is 1.60. The summed E-state index contributed by atoms with van der Waals surface area (Å²) in [7, 11) is 0. The Bertz CT molecular complexity index is 676. The third-order valence-electron chi connectivity index (χ3n) is 3.26. The number of thiazole rings is 1. The van der Waals surface area contributed by atoms with Crippen LogP contribution in [0.2, 0.25) is 0 Å². The zero-order chi connectivity index (χ0) is 15.7. The lowest BCUT2D eigenvalue weighted by Crippen LogP contribution is -2.12. The number of anilines is 1. The quantitative estimate of drug-likeness (QED) is 0.676. The number of nitro groups is 1. The SMILES string of the molecule is CCn1nc(C)c([N+](=O)[O-])c1NC(C)c1sc(C)nc1C. The lowest BCUT2D eigenvalue weighted by molar-refractivity contribution is -0.384. The van der Waals surface area contributed by atoms with E-state index in [4.69, 9.17) is 0 Å². The van der Waals surface area contributed by atoms with E-state index in [2.05, 4.69) is 15.4 Å². The molecule has 21 heavy (non-hydrogen) atoms. The zero-order valence-electron chi connectivity index (χ0n) is 12.8. The normalized spacial score (nSPS) is 12.4. The minimum atomic E-state index is -0.381. The predicted molar refractivity (Wildman–Crippen MR) is 82.9 cm³/mol. The Morgan fingerprint density at radius 2 is 2.05 bits per heavy atom. The van der Waals surface area contributed by atoms with Crippen LogP contribution in [-0.2, 0) is 6.54 Å². The van der Waals surface area contributed by atoms with Crippen molar-refractivity contribution in [3.63, 3.8) is 0 Å². The third kappa shape index (κ3) is 2.90. The number of aromatic nitrogens is 3. The number of hydrogen-bond acceptors (Lipinski definition) is 6. The van der Waals surface area contributed by atoms with Gasteiger partial charge in [-0.3, -0.25) is 10.1 Å². The van der Waals surface area contributed by atoms with Gasteiger partial charge in [-0.2, -0.15) is 5.10 Å². The largest absolute Gasteiger partial charge is 0.357 e. The van der Waals surface area contributed by atoms with Crippen molar-refractivity contribution in [3.05, 3.63) is 31.4 Å². The van der Waals surface area contributed by atoms with Crippen LogP contribution in [0.25, 0.3) is 0 Å². The molecule has 114 valence electrons. The molecule has 2 heterocycles. The minimum Gasteiger partial charge on any atom is -0.357 e. The van der Waals surface area contributed by atoms with E-state index in [1.165, 1.54) is 0 Å². The molecule has 0 bridgehead atoms. The highest BCUT2D eigenvalue weighted by molar-refractivity contribution is 7.11. The van der Waals surface area contributed by atoms with E-state index in [1.54, 1.807) is 22.9 Å². The Balaban J connectivity index is 2.38. The molecule has 0 fully saturated rings. The van der Waals surface area contributed by atoms with Gasteiger partial charge in [0.2, 0.25) is 5.82 Å². The van der Waals surface area contributed by atoms with E-state index >= 15 is 0 Å². The molecule has 1 N–H and O–H groups in total. The van der Waals surface area contributed by atoms with Crippen LogP contribution in [0.15, 0.2) is 0 Å². The molecule has 0 aliphatic carbocycles. The van der Waals surface area contributed by atoms with Gasteiger partial charge in [-0.1, -0.05) is 0 Å². The van der Waals surface area contributed by atoms with Gasteiger partial charge in [0.15, 0.2) is 0 Å². The topological polar surface area (TPSA) is 85.9 Å². The van der Waals surface area contributed by atoms with Gasteiger partial charge in [-0.15, -0.1) is 11.3 Å². The van der Waals surface area contributed by atoms with E-state index < -0.39 is 0 Å². The Hall–Kier alpha value is -1.96. The maximum atomic E-state index is 11.3. The van der Waals surface area contributed by atoms with Crippen molar-refractivity contribution in [2.24, 2.45) is 0 Å². The molecule has 0 radical (unpaired) electrons. The third-order valence-corrected chi connectivity index (χ3v) is 4.52. The monoisotopic (exact) mass is 309 g/mol. The number of nitrogens with zero attached hydrogens (tertiary/aromatic N) is 4. The molecule has 2 rings (SSSR count). The van der Waals surface area contributed by atoms with E-state index in [1.807, 2.05) is 27.7 Å². The summed E-state index contributed by atoms with van der Waals surface area (Å²) < 4.78 is 1.63. The first-order valence-corrected chi connectivity index (χ1v) is 7.59. The van der Waals surface area contributed by atoms with Gasteiger partial charge in [-0.05, 0) is 34.6 Å². The maximum absolute atomic E-state index is 11.3. The molecule has 0 aliphatic rings. The van der Waals surface area contributed by atoms with Crippen molar-refractivity contribution >= 4 is 22.8 Å². The van der Waals surface area contributed by atoms with Crippen molar-refractivity contribution < 1.29 is 4.92 Å². The first-order chi connectivity index (χ1) is 9.85. The number of nitrogens with one attached hydrogen (secondary N) is 1. The van der Waals surface area contributed by atoms with Crippen molar-refractivity contribution in [2.75, 3.05) is 5.32 Å². The van der Waals surface area contributed by atoms with Crippen LogP contribution in [0.3, 0.4) is 0 Å². The molecule has 2 aromatic heterocycles. The fourth-order valence-electron chi connectivity index (χ4n) is 2.38. The molecule has 7 nitrogen and oxygen atoms in total. The highest BCUT2D eigenvalue weighted by Crippen LogP contribution is 2.33. The van der Waals surface area contributed by atoms with E-state index in [0.29, 0.717) is 18.1 Å². The first kappa shape index (κ1) is 15.4. The summed E-state index contributed by atoms with van der Waals surface area (Å²) in [6, 6.07) is -0.0590. The molecule has 0 aliphatic heterocycles. The van der Waals surface area contributed by atoms with Gasteiger partial charge >= 0.3 is 5.69 Å². The molecular weight excluding hydrogens is 290 g/mol. The van der Waals surface area contributed by atoms with Gasteiger partial charge in [0.25, 0.3) is 0 Å². The molecule has 0 saturated carbocycles. The molecule has 0 saturated heterocycles. The summed E-state index contributed by atoms with van der Waals surface area (Å²) in [5.41, 5.74) is 1.43. The molecule has 0 spiro atoms. The summed E-state index contributed by atoms with van der Waals surface area (Å²) in [5, 5.41) is 19.7. The van der Waals surface area contributed by atoms with Gasteiger partial charge < -0.3 is 5.32 Å². The number of aryl methyl sites for hydroxylation is 4. The second kappa shape index (κ2) is 5.80. The molecule has 1 unspecified atom stereocenters. The summed E-state index contributed by atoms with van der Waals surface area (Å²) in [4.78, 5) is 16.4. The second-order valence-electron chi connectivity index (χ2n) is 4.90. The smallest absolute Gasteiger partial charge is 0.333 e. The van der Waals surface area contributed by atoms with Crippen LogP contribution >= 0.6 is 11.3 Å². The summed E-state index contributed by atoms with van der Waals surface area (Å²) in [5.74, 6) is 0.456. The number of hydrogen-bond donors (Lipinski definition) is 1. The molecule has 0 amide bonds. The Morgan fingerprint density at radius 3 is 2.52 bits per heavy atom. The highest BCUT2D eigenvalue weighted by atomic mass is 32.1. The lowest BCUT2D eigenvalue weighted by atomic mass is 10.2. The molecule has 1 atom stereocenters. The van der Waals surface area contributed by atoms with Gasteiger partial charge in [0.05, 0.1) is 21.7 Å². The van der Waals surface area contributed by atoms with Crippen LogP contribution in [0.4, 0.5) is 11.5 Å². The van der Waals surface area contributed by atoms with E-state index in [9.17, 15) is 10.1 Å². The van der Waals surface area contributed by atoms with E-state index in [0.717, 1.165) is 15.6 Å². The molecule has 8 heteroatoms. The summed E-state index contributed by atoms with van der Waals surface area (Å²) in [6.45, 7) is 10.0. The molecule has 0 aromatic carbocycles. The van der Waals surface area contributed by atoms with Gasteiger partial charge in [0.1, 0.15) is 5.69 Å². The predicted octanol–water partition coefficient (Wildman–Crippen LogP) is 3.37. The van der Waals surface area contributed by atoms with Crippen molar-refractivity contribution in [2.45, 2.75) is 47.2 Å². The van der Waals surface area contributed by atoms with Crippen LogP contribution in [-0.4, -0.2) is 19.7 Å². The van der Waals surface area contributed by atoms with Crippen LogP contribution < -0.4 is 5.32 Å². The second-order valence-corrected chi connectivity index (χ2v) is 6.14. The Morgan fingerprint density at radius 1 is 1.38 bits per heavy atom. The fourth-order valence-corrected chi connectivity index (χ4v) is 3.31. The van der Waals surface area contributed by atoms with Crippen molar-refractivity contribution in [1.29, 1.82) is 0 Å². The number of rotatable bonds is 5. The van der Waals surface area contributed by atoms with Crippen LogP contribution in [0.1, 0.15) is 41.2 Å². The lowest BCUT2D eigenvalue weighted by Gasteiger charge is -2.14. The highest BCUT2D eigenvalue weighted by Gasteiger charge is 2.26. The van der Waals surface area contributed by atoms with Gasteiger partial charge in [-0.25, -0.2) is 9.67 Å². The van der Waals surface area contributed by atoms with Crippen LogP contribution in [0, 0.1) is 30.9 Å². The van der Waals surface area contributed by atoms with Crippen molar-refractivity contribution in [3.8, 4) is 0 Å². The molecule has 2 aromatic rings. The average Bonchev–Trinajstić information content (AvgIpc) is 2.89. The standard InChI is InChI=1S/C13H19N5O2S/c1-6-17-13(11(18(19)20)7(2)16-17)15-9(4)12-8(3)14-10(5)21-12/h9,15H,6H2,1-5H3. The Kier molecular flexibility index (Phi) is 4.26.